The summed E-state index contributed by atoms with van der Waals surface area (Å²) < 4.78 is 26.8. The van der Waals surface area contributed by atoms with E-state index in [-0.39, 0.29) is 54.8 Å². The lowest BCUT2D eigenvalue weighted by Gasteiger charge is -2.18. The van der Waals surface area contributed by atoms with Crippen LogP contribution in [0.15, 0.2) is 17.6 Å². The first-order valence-corrected chi connectivity index (χ1v) is 21.0. The van der Waals surface area contributed by atoms with Gasteiger partial charge in [0.2, 0.25) is 21.8 Å². The molecule has 0 saturated carbocycles. The van der Waals surface area contributed by atoms with Gasteiger partial charge < -0.3 is 15.6 Å². The lowest BCUT2D eigenvalue weighted by Crippen LogP contribution is -2.37. The topological polar surface area (TPSA) is 216 Å². The Kier molecular flexibility index (Phi) is 23.5. The van der Waals surface area contributed by atoms with Crippen molar-refractivity contribution < 1.29 is 27.6 Å². The fourth-order valence-electron chi connectivity index (χ4n) is 6.22. The maximum Gasteiger partial charge on any atom is 0.234 e. The third-order valence-corrected chi connectivity index (χ3v) is 10.8. The number of rotatable bonds is 33. The fraction of sp³-hybridized carbons (Fsp3) is 0.778. The van der Waals surface area contributed by atoms with Crippen LogP contribution in [0.5, 0.6) is 0 Å². The number of H-pyrrole nitrogens is 1. The average molecular weight is 752 g/mol. The number of sulfonamides is 1. The number of hydrogen-bond acceptors (Lipinski definition) is 12. The molecule has 0 fully saturated rings. The molecule has 15 nitrogen and oxygen atoms in total. The molecular formula is C36H65N9O6S. The summed E-state index contributed by atoms with van der Waals surface area (Å²) in [4.78, 5) is 56.4. The number of carbonyl (C=O) groups excluding carboxylic acids is 4. The van der Waals surface area contributed by atoms with Crippen molar-refractivity contribution in [3.8, 4) is 0 Å². The van der Waals surface area contributed by atoms with Crippen LogP contribution in [0.25, 0.3) is 0 Å². The molecule has 1 aromatic rings. The van der Waals surface area contributed by atoms with Gasteiger partial charge >= 0.3 is 0 Å². The first-order chi connectivity index (χ1) is 25.1. The Morgan fingerprint density at radius 3 is 2.02 bits per heavy atom. The van der Waals surface area contributed by atoms with E-state index >= 15 is 0 Å². The standard InChI is InChI=1S/C36H65N9O6S/c1-29(46)30(25-33(47)32(37-2)26-31-27-38-28-40-31)19-16-17-23-39-35(48)22-18-24-52(50,51)43-36(49)21-15-13-11-9-7-5-3-4-6-8-10-12-14-20-34-41-44-45-42-34/h27-28,30,32,37,44-45H,3-26H2,1-2H3,(H,38,40)(H,39,48)(H,41,42)(H,43,49)/t30-,32+/m0/s1. The number of hydrogen-bond donors (Lipinski definition) is 7. The van der Waals surface area contributed by atoms with Gasteiger partial charge in [0.05, 0.1) is 18.1 Å². The molecule has 0 spiro atoms. The maximum atomic E-state index is 12.8. The van der Waals surface area contributed by atoms with Crippen LogP contribution in [0, 0.1) is 5.92 Å². The van der Waals surface area contributed by atoms with Crippen molar-refractivity contribution in [1.29, 1.82) is 0 Å². The Morgan fingerprint density at radius 1 is 0.808 bits per heavy atom. The lowest BCUT2D eigenvalue weighted by molar-refractivity contribution is -0.128. The molecule has 7 N–H and O–H groups in total. The summed E-state index contributed by atoms with van der Waals surface area (Å²) in [7, 11) is -2.07. The Morgan fingerprint density at radius 2 is 1.44 bits per heavy atom. The third-order valence-electron chi connectivity index (χ3n) is 9.40. The number of unbranched alkanes of at least 4 members (excludes halogenated alkanes) is 13. The Bertz CT molecular complexity index is 1310. The predicted octanol–water partition coefficient (Wildman–Crippen LogP) is 3.99. The molecule has 52 heavy (non-hydrogen) atoms. The van der Waals surface area contributed by atoms with Crippen molar-refractivity contribution in [2.45, 2.75) is 154 Å². The van der Waals surface area contributed by atoms with Gasteiger partial charge in [0, 0.05) is 56.5 Å². The van der Waals surface area contributed by atoms with Gasteiger partial charge in [-0.1, -0.05) is 77.0 Å². The zero-order valence-electron chi connectivity index (χ0n) is 31.5. The minimum absolute atomic E-state index is 0.0296. The van der Waals surface area contributed by atoms with Crippen LogP contribution in [-0.2, 0) is 35.6 Å². The molecule has 1 aliphatic heterocycles. The Hall–Kier alpha value is -3.37. The molecule has 0 radical (unpaired) electrons. The van der Waals surface area contributed by atoms with Gasteiger partial charge in [-0.25, -0.2) is 18.9 Å². The van der Waals surface area contributed by atoms with Crippen molar-refractivity contribution in [1.82, 2.24) is 41.8 Å². The second kappa shape index (κ2) is 27.3. The van der Waals surface area contributed by atoms with Gasteiger partial charge in [-0.2, -0.15) is 0 Å². The monoisotopic (exact) mass is 751 g/mol. The number of likely N-dealkylation sites (N-methyl/N-ethyl adjacent to an activating group) is 1. The molecule has 2 heterocycles. The van der Waals surface area contributed by atoms with E-state index in [0.29, 0.717) is 38.6 Å². The van der Waals surface area contributed by atoms with Gasteiger partial charge in [0.15, 0.2) is 5.78 Å². The number of amides is 2. The summed E-state index contributed by atoms with van der Waals surface area (Å²) in [6.45, 7) is 1.89. The summed E-state index contributed by atoms with van der Waals surface area (Å²) in [5.74, 6) is -0.521. The number of carbonyl (C=O) groups is 4. The Labute approximate surface area is 310 Å². The first-order valence-electron chi connectivity index (χ1n) is 19.4. The van der Waals surface area contributed by atoms with Crippen LogP contribution in [-0.4, -0.2) is 73.0 Å². The zero-order valence-corrected chi connectivity index (χ0v) is 32.3. The van der Waals surface area contributed by atoms with Crippen LogP contribution in [0.4, 0.5) is 0 Å². The van der Waals surface area contributed by atoms with E-state index in [9.17, 15) is 27.6 Å². The molecule has 2 amide bonds. The minimum Gasteiger partial charge on any atom is -0.356 e. The maximum absolute atomic E-state index is 12.8. The lowest BCUT2D eigenvalue weighted by atomic mass is 9.89. The highest BCUT2D eigenvalue weighted by atomic mass is 32.2. The Balaban J connectivity index is 1.41. The number of ketones is 2. The van der Waals surface area contributed by atoms with Crippen molar-refractivity contribution in [3.05, 3.63) is 18.2 Å². The molecule has 16 heteroatoms. The highest BCUT2D eigenvalue weighted by Gasteiger charge is 2.24. The number of imidazole rings is 1. The number of aromatic amines is 1. The van der Waals surface area contributed by atoms with E-state index in [1.165, 1.54) is 58.3 Å². The largest absolute Gasteiger partial charge is 0.356 e. The molecule has 0 bridgehead atoms. The van der Waals surface area contributed by atoms with Crippen molar-refractivity contribution in [2.24, 2.45) is 11.0 Å². The van der Waals surface area contributed by atoms with Crippen molar-refractivity contribution in [2.75, 3.05) is 19.3 Å². The molecule has 2 rings (SSSR count). The second-order valence-corrected chi connectivity index (χ2v) is 15.8. The summed E-state index contributed by atoms with van der Waals surface area (Å²) in [6.07, 6.45) is 21.9. The SMILES string of the molecule is CN[C@H](Cc1cnc[nH]1)C(=O)C[C@H](CCCCNC(=O)CCCS(=O)(=O)NC(=O)CCCCCCCCCCCCCCCC1=NNNN1)C(C)=O. The predicted molar refractivity (Wildman–Crippen MR) is 203 cm³/mol. The quantitative estimate of drug-likeness (QED) is 0.0510. The van der Waals surface area contributed by atoms with Crippen LogP contribution < -0.4 is 31.9 Å². The van der Waals surface area contributed by atoms with E-state index in [1.54, 1.807) is 19.6 Å². The van der Waals surface area contributed by atoms with Gasteiger partial charge in [-0.05, 0) is 46.1 Å². The second-order valence-electron chi connectivity index (χ2n) is 13.9. The van der Waals surface area contributed by atoms with Crippen LogP contribution in [0.3, 0.4) is 0 Å². The number of hydrazone groups is 1. The average Bonchev–Trinajstić information content (AvgIpc) is 3.82. The molecule has 1 aromatic heterocycles. The van der Waals surface area contributed by atoms with E-state index in [1.807, 2.05) is 0 Å². The number of hydrazine groups is 2. The zero-order chi connectivity index (χ0) is 37.9. The third kappa shape index (κ3) is 21.9. The molecular weight excluding hydrogens is 687 g/mol. The molecule has 0 unspecified atom stereocenters. The molecule has 0 saturated heterocycles. The normalized spacial score (nSPS) is 13.8. The van der Waals surface area contributed by atoms with Crippen LogP contribution in [0.2, 0.25) is 0 Å². The number of nitrogens with one attached hydrogen (secondary N) is 7. The van der Waals surface area contributed by atoms with Crippen LogP contribution in [0.1, 0.15) is 147 Å². The van der Waals surface area contributed by atoms with E-state index in [0.717, 1.165) is 43.6 Å². The van der Waals surface area contributed by atoms with Gasteiger partial charge in [-0.3, -0.25) is 29.3 Å². The highest BCUT2D eigenvalue weighted by Crippen LogP contribution is 2.17. The van der Waals surface area contributed by atoms with Crippen molar-refractivity contribution in [3.63, 3.8) is 0 Å². The number of nitrogens with zero attached hydrogens (tertiary/aromatic N) is 2. The molecule has 296 valence electrons. The highest BCUT2D eigenvalue weighted by molar-refractivity contribution is 7.90. The van der Waals surface area contributed by atoms with Crippen LogP contribution >= 0.6 is 0 Å². The van der Waals surface area contributed by atoms with Crippen molar-refractivity contribution >= 4 is 39.2 Å². The summed E-state index contributed by atoms with van der Waals surface area (Å²) in [5.41, 5.74) is 9.24. The van der Waals surface area contributed by atoms with E-state index < -0.39 is 22.0 Å². The minimum atomic E-state index is -3.79. The number of amidine groups is 1. The van der Waals surface area contributed by atoms with Gasteiger partial charge in [0.25, 0.3) is 0 Å². The molecule has 0 aromatic carbocycles. The summed E-state index contributed by atoms with van der Waals surface area (Å²) in [6, 6.07) is -0.409. The smallest absolute Gasteiger partial charge is 0.234 e. The first kappa shape index (κ1) is 44.8. The molecule has 0 aliphatic carbocycles. The van der Waals surface area contributed by atoms with E-state index in [4.69, 9.17) is 0 Å². The molecule has 1 aliphatic rings. The number of aromatic nitrogens is 2. The fourth-order valence-corrected chi connectivity index (χ4v) is 7.30. The summed E-state index contributed by atoms with van der Waals surface area (Å²) in [5, 5.41) is 9.88. The van der Waals surface area contributed by atoms with Gasteiger partial charge in [-0.15, -0.1) is 10.6 Å². The number of Topliss-reactive ketones (excluding diaryl/α,β-unsaturated/α-hetero) is 2. The van der Waals surface area contributed by atoms with Gasteiger partial charge in [0.1, 0.15) is 11.6 Å². The van der Waals surface area contributed by atoms with E-state index in [2.05, 4.69) is 46.9 Å². The summed E-state index contributed by atoms with van der Waals surface area (Å²) >= 11 is 0. The molecule has 2 atom stereocenters.